The highest BCUT2D eigenvalue weighted by atomic mass is 28.3. The average Bonchev–Trinajstić information content (AvgIpc) is 2.71. The van der Waals surface area contributed by atoms with Crippen molar-refractivity contribution in [3.05, 3.63) is 54.4 Å². The van der Waals surface area contributed by atoms with Crippen molar-refractivity contribution in [2.24, 2.45) is 0 Å². The Hall–Kier alpha value is -1.65. The van der Waals surface area contributed by atoms with Crippen LogP contribution in [0.3, 0.4) is 0 Å². The zero-order chi connectivity index (χ0) is 20.0. The second-order valence-electron chi connectivity index (χ2n) is 7.05. The lowest BCUT2D eigenvalue weighted by molar-refractivity contribution is -0.241. The molecule has 1 aromatic carbocycles. The Bertz CT molecular complexity index is 557. The summed E-state index contributed by atoms with van der Waals surface area (Å²) in [5, 5.41) is 1.20. The van der Waals surface area contributed by atoms with E-state index in [1.54, 1.807) is 12.1 Å². The fraction of sp³-hybridized carbons (Fsp3) is 0.522. The highest BCUT2D eigenvalue weighted by Gasteiger charge is 2.26. The normalized spacial score (nSPS) is 11.2. The van der Waals surface area contributed by atoms with Crippen LogP contribution < -0.4 is 5.19 Å². The predicted octanol–water partition coefficient (Wildman–Crippen LogP) is 6.04. The summed E-state index contributed by atoms with van der Waals surface area (Å²) in [6.45, 7) is 12.8. The SMILES string of the molecule is C=C[Si](C=C)(CC)c1ccc(C(=O)OOCCCCCCCCCC)cc1. The molecule has 0 heterocycles. The van der Waals surface area contributed by atoms with Crippen LogP contribution >= 0.6 is 0 Å². The van der Waals surface area contributed by atoms with Crippen molar-refractivity contribution in [1.82, 2.24) is 0 Å². The summed E-state index contributed by atoms with van der Waals surface area (Å²) in [6.07, 6.45) is 9.82. The molecule has 27 heavy (non-hydrogen) atoms. The van der Waals surface area contributed by atoms with Crippen LogP contribution in [0, 0.1) is 0 Å². The van der Waals surface area contributed by atoms with Crippen molar-refractivity contribution in [2.75, 3.05) is 6.61 Å². The van der Waals surface area contributed by atoms with Crippen molar-refractivity contribution < 1.29 is 14.6 Å². The minimum atomic E-state index is -1.86. The largest absolute Gasteiger partial charge is 0.373 e. The number of benzene rings is 1. The fourth-order valence-corrected chi connectivity index (χ4v) is 5.58. The molecular weight excluding hydrogens is 352 g/mol. The molecule has 0 saturated carbocycles. The van der Waals surface area contributed by atoms with Crippen LogP contribution in [-0.4, -0.2) is 20.7 Å². The topological polar surface area (TPSA) is 35.5 Å². The van der Waals surface area contributed by atoms with Crippen molar-refractivity contribution in [3.8, 4) is 0 Å². The number of hydrogen-bond donors (Lipinski definition) is 0. The van der Waals surface area contributed by atoms with E-state index in [-0.39, 0.29) is 0 Å². The van der Waals surface area contributed by atoms with Gasteiger partial charge in [-0.3, -0.25) is 4.89 Å². The molecule has 0 atom stereocenters. The second-order valence-corrected chi connectivity index (χ2v) is 11.2. The summed E-state index contributed by atoms with van der Waals surface area (Å²) in [6, 6.07) is 8.55. The van der Waals surface area contributed by atoms with Gasteiger partial charge in [-0.2, -0.15) is 4.89 Å². The third-order valence-corrected chi connectivity index (χ3v) is 9.22. The third-order valence-electron chi connectivity index (χ3n) is 5.19. The highest BCUT2D eigenvalue weighted by Crippen LogP contribution is 2.14. The zero-order valence-electron chi connectivity index (χ0n) is 17.2. The molecule has 150 valence electrons. The van der Waals surface area contributed by atoms with E-state index in [2.05, 4.69) is 27.0 Å². The molecule has 4 heteroatoms. The van der Waals surface area contributed by atoms with Crippen LogP contribution in [0.25, 0.3) is 0 Å². The van der Waals surface area contributed by atoms with E-state index in [1.807, 2.05) is 23.5 Å². The predicted molar refractivity (Wildman–Crippen MR) is 117 cm³/mol. The van der Waals surface area contributed by atoms with Gasteiger partial charge in [0.1, 0.15) is 8.07 Å². The molecule has 0 spiro atoms. The van der Waals surface area contributed by atoms with Gasteiger partial charge >= 0.3 is 5.97 Å². The van der Waals surface area contributed by atoms with E-state index in [0.717, 1.165) is 18.9 Å². The fourth-order valence-electron chi connectivity index (χ4n) is 3.17. The van der Waals surface area contributed by atoms with Crippen LogP contribution in [0.4, 0.5) is 0 Å². The van der Waals surface area contributed by atoms with E-state index in [4.69, 9.17) is 9.78 Å². The summed E-state index contributed by atoms with van der Waals surface area (Å²) in [5.74, 6) is -0.443. The second kappa shape index (κ2) is 13.5. The molecule has 0 saturated heterocycles. The Labute approximate surface area is 166 Å². The first kappa shape index (κ1) is 23.4. The van der Waals surface area contributed by atoms with E-state index < -0.39 is 14.0 Å². The molecule has 0 bridgehead atoms. The van der Waals surface area contributed by atoms with Crippen molar-refractivity contribution in [1.29, 1.82) is 0 Å². The Morgan fingerprint density at radius 1 is 0.926 bits per heavy atom. The lowest BCUT2D eigenvalue weighted by Crippen LogP contribution is -2.43. The van der Waals surface area contributed by atoms with E-state index in [9.17, 15) is 4.79 Å². The summed E-state index contributed by atoms with van der Waals surface area (Å²) in [5.41, 5.74) is 4.56. The lowest BCUT2D eigenvalue weighted by Gasteiger charge is -2.23. The molecule has 0 unspecified atom stereocenters. The van der Waals surface area contributed by atoms with E-state index >= 15 is 0 Å². The van der Waals surface area contributed by atoms with E-state index in [1.165, 1.54) is 43.7 Å². The van der Waals surface area contributed by atoms with Gasteiger partial charge in [-0.25, -0.2) is 4.79 Å². The zero-order valence-corrected chi connectivity index (χ0v) is 18.2. The number of rotatable bonds is 15. The summed E-state index contributed by atoms with van der Waals surface area (Å²) < 4.78 is 0. The van der Waals surface area contributed by atoms with Crippen LogP contribution in [-0.2, 0) is 9.78 Å². The molecular formula is C23H36O3Si. The number of carbonyl (C=O) groups excluding carboxylic acids is 1. The van der Waals surface area contributed by atoms with Gasteiger partial charge in [0, 0.05) is 0 Å². The van der Waals surface area contributed by atoms with Crippen LogP contribution in [0.2, 0.25) is 6.04 Å². The first-order valence-corrected chi connectivity index (χ1v) is 12.7. The number of unbranched alkanes of at least 4 members (excludes halogenated alkanes) is 7. The third kappa shape index (κ3) is 7.85. The molecule has 1 aromatic rings. The molecule has 0 fully saturated rings. The standard InChI is InChI=1S/C23H36O3Si/c1-5-9-10-11-12-13-14-15-20-25-26-23(24)21-16-18-22(19-17-21)27(6-2,7-3)8-4/h6-7,16-19H,2-3,5,8-15,20H2,1,4H3. The van der Waals surface area contributed by atoms with Gasteiger partial charge < -0.3 is 0 Å². The molecule has 0 aromatic heterocycles. The van der Waals surface area contributed by atoms with Gasteiger partial charge in [0.2, 0.25) is 0 Å². The minimum Gasteiger partial charge on any atom is -0.293 e. The van der Waals surface area contributed by atoms with Gasteiger partial charge in [-0.1, -0.05) is 87.5 Å². The Balaban J connectivity index is 2.29. The molecule has 1 rings (SSSR count). The van der Waals surface area contributed by atoms with Gasteiger partial charge in [-0.15, -0.1) is 13.2 Å². The first-order chi connectivity index (χ1) is 13.1. The summed E-state index contributed by atoms with van der Waals surface area (Å²) >= 11 is 0. The number of carbonyl (C=O) groups is 1. The quantitative estimate of drug-likeness (QED) is 0.159. The van der Waals surface area contributed by atoms with Crippen LogP contribution in [0.15, 0.2) is 48.8 Å². The van der Waals surface area contributed by atoms with Gasteiger partial charge in [0.05, 0.1) is 12.2 Å². The van der Waals surface area contributed by atoms with Crippen LogP contribution in [0.5, 0.6) is 0 Å². The Morgan fingerprint density at radius 2 is 1.48 bits per heavy atom. The molecule has 0 radical (unpaired) electrons. The van der Waals surface area contributed by atoms with Gasteiger partial charge in [0.25, 0.3) is 0 Å². The minimum absolute atomic E-state index is 0.443. The molecule has 0 N–H and O–H groups in total. The summed E-state index contributed by atoms with van der Waals surface area (Å²) in [7, 11) is -1.86. The van der Waals surface area contributed by atoms with E-state index in [0.29, 0.717) is 12.2 Å². The smallest absolute Gasteiger partial charge is 0.293 e. The molecule has 0 aliphatic carbocycles. The van der Waals surface area contributed by atoms with Crippen LogP contribution in [0.1, 0.15) is 75.6 Å². The number of hydrogen-bond acceptors (Lipinski definition) is 3. The lowest BCUT2D eigenvalue weighted by atomic mass is 10.1. The first-order valence-electron chi connectivity index (χ1n) is 10.3. The maximum absolute atomic E-state index is 12.1. The van der Waals surface area contributed by atoms with Gasteiger partial charge in [0.15, 0.2) is 0 Å². The molecule has 3 nitrogen and oxygen atoms in total. The molecule has 0 aliphatic rings. The van der Waals surface area contributed by atoms with Crippen molar-refractivity contribution in [3.63, 3.8) is 0 Å². The van der Waals surface area contributed by atoms with Gasteiger partial charge in [-0.05, 0) is 24.6 Å². The summed E-state index contributed by atoms with van der Waals surface area (Å²) in [4.78, 5) is 22.1. The van der Waals surface area contributed by atoms with Crippen molar-refractivity contribution in [2.45, 2.75) is 71.3 Å². The molecule has 0 amide bonds. The molecule has 0 aliphatic heterocycles. The average molecular weight is 389 g/mol. The monoisotopic (exact) mass is 388 g/mol. The Kier molecular flexibility index (Phi) is 11.7. The maximum atomic E-state index is 12.1. The van der Waals surface area contributed by atoms with Crippen molar-refractivity contribution >= 4 is 19.2 Å². The Morgan fingerprint density at radius 3 is 2.00 bits per heavy atom. The highest BCUT2D eigenvalue weighted by molar-refractivity contribution is 6.99. The maximum Gasteiger partial charge on any atom is 0.373 e.